The first kappa shape index (κ1) is 12.5. The zero-order valence-electron chi connectivity index (χ0n) is 8.80. The number of rotatable bonds is 2. The Morgan fingerprint density at radius 3 is 2.78 bits per heavy atom. The van der Waals surface area contributed by atoms with Gasteiger partial charge in [-0.1, -0.05) is 0 Å². The van der Waals surface area contributed by atoms with E-state index >= 15 is 0 Å². The maximum atomic E-state index is 12.3. The fraction of sp³-hybridized carbons (Fsp3) is 0.250. The summed E-state index contributed by atoms with van der Waals surface area (Å²) in [5.74, 6) is -2.05. The molecule has 18 heavy (non-hydrogen) atoms. The zero-order chi connectivity index (χ0) is 13.3. The largest absolute Gasteiger partial charge is 0.465 e. The number of alkyl halides is 3. The van der Waals surface area contributed by atoms with Crippen LogP contribution in [0.5, 0.6) is 0 Å². The number of carbonyl (C=O) groups excluding carboxylic acids is 1. The Hall–Kier alpha value is -1.97. The lowest BCUT2D eigenvalue weighted by Crippen LogP contribution is -2.10. The standard InChI is InChI=1S/C8H5F3N4O2S/c1-17-6(16)5-4(2-3-18-5)15-13-7(12-14-15)8(9,10)11/h2-3H,1H3. The van der Waals surface area contributed by atoms with Gasteiger partial charge in [0.1, 0.15) is 10.6 Å². The number of tetrazole rings is 1. The Labute approximate surface area is 102 Å². The van der Waals surface area contributed by atoms with Crippen LogP contribution >= 0.6 is 11.3 Å². The molecule has 0 unspecified atom stereocenters. The van der Waals surface area contributed by atoms with Gasteiger partial charge >= 0.3 is 12.1 Å². The highest BCUT2D eigenvalue weighted by atomic mass is 32.1. The van der Waals surface area contributed by atoms with Crippen molar-refractivity contribution in [2.24, 2.45) is 0 Å². The van der Waals surface area contributed by atoms with Crippen LogP contribution in [0, 0.1) is 0 Å². The Kier molecular flexibility index (Phi) is 3.03. The number of hydrogen-bond donors (Lipinski definition) is 0. The molecule has 96 valence electrons. The Morgan fingerprint density at radius 2 is 2.22 bits per heavy atom. The van der Waals surface area contributed by atoms with E-state index < -0.39 is 18.0 Å². The molecule has 10 heteroatoms. The van der Waals surface area contributed by atoms with Crippen molar-refractivity contribution in [2.75, 3.05) is 7.11 Å². The molecule has 0 fully saturated rings. The van der Waals surface area contributed by atoms with Crippen LogP contribution in [0.25, 0.3) is 5.69 Å². The molecular weight excluding hydrogens is 273 g/mol. The summed E-state index contributed by atoms with van der Waals surface area (Å²) >= 11 is 1.01. The summed E-state index contributed by atoms with van der Waals surface area (Å²) < 4.78 is 41.4. The lowest BCUT2D eigenvalue weighted by atomic mass is 10.4. The fourth-order valence-corrected chi connectivity index (χ4v) is 1.92. The molecule has 2 aromatic heterocycles. The molecule has 0 spiro atoms. The van der Waals surface area contributed by atoms with E-state index in [-0.39, 0.29) is 10.6 Å². The quantitative estimate of drug-likeness (QED) is 0.779. The number of ether oxygens (including phenoxy) is 1. The predicted molar refractivity (Wildman–Crippen MR) is 53.4 cm³/mol. The number of esters is 1. The SMILES string of the molecule is COC(=O)c1sccc1-n1nnc(C(F)(F)F)n1. The summed E-state index contributed by atoms with van der Waals surface area (Å²) in [7, 11) is 1.17. The molecule has 0 atom stereocenters. The van der Waals surface area contributed by atoms with Gasteiger partial charge in [-0.05, 0) is 16.7 Å². The monoisotopic (exact) mass is 278 g/mol. The van der Waals surface area contributed by atoms with Crippen LogP contribution in [0.2, 0.25) is 0 Å². The van der Waals surface area contributed by atoms with Crippen molar-refractivity contribution in [3.05, 3.63) is 22.1 Å². The van der Waals surface area contributed by atoms with Crippen LogP contribution in [0.15, 0.2) is 11.4 Å². The van der Waals surface area contributed by atoms with Gasteiger partial charge in [0.25, 0.3) is 5.82 Å². The minimum absolute atomic E-state index is 0.0925. The highest BCUT2D eigenvalue weighted by Gasteiger charge is 2.37. The summed E-state index contributed by atoms with van der Waals surface area (Å²) in [5.41, 5.74) is 0.0925. The van der Waals surface area contributed by atoms with Gasteiger partial charge in [-0.2, -0.15) is 13.2 Å². The number of methoxy groups -OCH3 is 1. The van der Waals surface area contributed by atoms with E-state index in [1.165, 1.54) is 18.6 Å². The van der Waals surface area contributed by atoms with Crippen molar-refractivity contribution in [2.45, 2.75) is 6.18 Å². The van der Waals surface area contributed by atoms with Crippen LogP contribution in [-0.4, -0.2) is 33.3 Å². The summed E-state index contributed by atoms with van der Waals surface area (Å²) in [4.78, 5) is 12.1. The smallest absolute Gasteiger partial charge is 0.455 e. The first-order valence-corrected chi connectivity index (χ1v) is 5.35. The summed E-state index contributed by atoms with van der Waals surface area (Å²) in [6, 6.07) is 1.40. The molecule has 0 aliphatic heterocycles. The van der Waals surface area contributed by atoms with E-state index in [2.05, 4.69) is 20.1 Å². The molecule has 2 heterocycles. The first-order chi connectivity index (χ1) is 8.43. The third kappa shape index (κ3) is 2.18. The molecule has 0 aliphatic carbocycles. The number of aromatic nitrogens is 4. The summed E-state index contributed by atoms with van der Waals surface area (Å²) in [6.45, 7) is 0. The molecule has 0 saturated carbocycles. The maximum absolute atomic E-state index is 12.3. The van der Waals surface area contributed by atoms with E-state index in [0.29, 0.717) is 4.80 Å². The van der Waals surface area contributed by atoms with Crippen LogP contribution in [0.1, 0.15) is 15.5 Å². The highest BCUT2D eigenvalue weighted by Crippen LogP contribution is 2.26. The van der Waals surface area contributed by atoms with Crippen molar-refractivity contribution >= 4 is 17.3 Å². The van der Waals surface area contributed by atoms with Gasteiger partial charge in [0.15, 0.2) is 0 Å². The molecule has 0 aromatic carbocycles. The third-order valence-corrected chi connectivity index (χ3v) is 2.78. The van der Waals surface area contributed by atoms with Crippen LogP contribution < -0.4 is 0 Å². The second-order valence-electron chi connectivity index (χ2n) is 3.03. The molecule has 0 saturated heterocycles. The van der Waals surface area contributed by atoms with Gasteiger partial charge in [0, 0.05) is 0 Å². The van der Waals surface area contributed by atoms with Gasteiger partial charge in [0.05, 0.1) is 7.11 Å². The van der Waals surface area contributed by atoms with Gasteiger partial charge < -0.3 is 4.74 Å². The van der Waals surface area contributed by atoms with Gasteiger partial charge in [0.2, 0.25) is 0 Å². The molecule has 0 N–H and O–H groups in total. The Morgan fingerprint density at radius 1 is 1.50 bits per heavy atom. The van der Waals surface area contributed by atoms with Crippen molar-refractivity contribution in [3.8, 4) is 5.69 Å². The third-order valence-electron chi connectivity index (χ3n) is 1.90. The van der Waals surface area contributed by atoms with E-state index in [1.54, 1.807) is 0 Å². The summed E-state index contributed by atoms with van der Waals surface area (Å²) in [5, 5.41) is 10.8. The molecule has 0 aliphatic rings. The number of carbonyl (C=O) groups is 1. The van der Waals surface area contributed by atoms with E-state index in [1.807, 2.05) is 0 Å². The average Bonchev–Trinajstić information content (AvgIpc) is 2.94. The molecule has 6 nitrogen and oxygen atoms in total. The Bertz CT molecular complexity index is 577. The Balaban J connectivity index is 2.41. The molecular formula is C8H5F3N4O2S. The molecule has 2 aromatic rings. The molecule has 0 amide bonds. The molecule has 0 bridgehead atoms. The number of halogens is 3. The average molecular weight is 278 g/mol. The number of nitrogens with zero attached hydrogens (tertiary/aromatic N) is 4. The van der Waals surface area contributed by atoms with E-state index in [9.17, 15) is 18.0 Å². The highest BCUT2D eigenvalue weighted by molar-refractivity contribution is 7.12. The molecule has 0 radical (unpaired) electrons. The van der Waals surface area contributed by atoms with E-state index in [4.69, 9.17) is 0 Å². The lowest BCUT2D eigenvalue weighted by molar-refractivity contribution is -0.145. The van der Waals surface area contributed by atoms with Crippen LogP contribution in [-0.2, 0) is 10.9 Å². The van der Waals surface area contributed by atoms with Gasteiger partial charge in [-0.15, -0.1) is 26.3 Å². The zero-order valence-corrected chi connectivity index (χ0v) is 9.62. The fourth-order valence-electron chi connectivity index (χ4n) is 1.14. The second-order valence-corrected chi connectivity index (χ2v) is 3.94. The normalized spacial score (nSPS) is 11.6. The maximum Gasteiger partial charge on any atom is 0.455 e. The van der Waals surface area contributed by atoms with Crippen molar-refractivity contribution in [1.29, 1.82) is 0 Å². The number of hydrogen-bond acceptors (Lipinski definition) is 6. The first-order valence-electron chi connectivity index (χ1n) is 4.47. The predicted octanol–water partition coefficient (Wildman–Crippen LogP) is 1.53. The topological polar surface area (TPSA) is 69.9 Å². The van der Waals surface area contributed by atoms with Crippen molar-refractivity contribution < 1.29 is 22.7 Å². The minimum Gasteiger partial charge on any atom is -0.465 e. The second kappa shape index (κ2) is 4.37. The number of thiophene rings is 1. The lowest BCUT2D eigenvalue weighted by Gasteiger charge is -2.00. The minimum atomic E-state index is -4.68. The van der Waals surface area contributed by atoms with E-state index in [0.717, 1.165) is 11.3 Å². The summed E-state index contributed by atoms with van der Waals surface area (Å²) in [6.07, 6.45) is -4.68. The van der Waals surface area contributed by atoms with Crippen molar-refractivity contribution in [1.82, 2.24) is 20.2 Å². The molecule has 2 rings (SSSR count). The van der Waals surface area contributed by atoms with Crippen molar-refractivity contribution in [3.63, 3.8) is 0 Å². The van der Waals surface area contributed by atoms with Crippen LogP contribution in [0.4, 0.5) is 13.2 Å². The van der Waals surface area contributed by atoms with Gasteiger partial charge in [-0.3, -0.25) is 0 Å². The van der Waals surface area contributed by atoms with Crippen LogP contribution in [0.3, 0.4) is 0 Å². The van der Waals surface area contributed by atoms with Gasteiger partial charge in [-0.25, -0.2) is 4.79 Å².